The van der Waals surface area contributed by atoms with Gasteiger partial charge in [-0.05, 0) is 29.8 Å². The highest BCUT2D eigenvalue weighted by Gasteiger charge is 2.16. The minimum atomic E-state index is -0.174. The summed E-state index contributed by atoms with van der Waals surface area (Å²) in [6, 6.07) is 8.92. The van der Waals surface area contributed by atoms with Crippen LogP contribution >= 0.6 is 0 Å². The van der Waals surface area contributed by atoms with E-state index < -0.39 is 0 Å². The molecule has 4 rings (SSSR count). The molecule has 7 nitrogen and oxygen atoms in total. The van der Waals surface area contributed by atoms with E-state index in [2.05, 4.69) is 15.3 Å². The van der Waals surface area contributed by atoms with Gasteiger partial charge < -0.3 is 14.8 Å². The number of nitrogens with zero attached hydrogens (tertiary/aromatic N) is 3. The van der Waals surface area contributed by atoms with Gasteiger partial charge in [0.2, 0.25) is 6.79 Å². The lowest BCUT2D eigenvalue weighted by molar-refractivity contribution is 0.0950. The number of amides is 1. The summed E-state index contributed by atoms with van der Waals surface area (Å²) in [5.41, 5.74) is 1.44. The largest absolute Gasteiger partial charge is 0.454 e. The number of rotatable bonds is 4. The molecule has 0 fully saturated rings. The van der Waals surface area contributed by atoms with Gasteiger partial charge in [-0.15, -0.1) is 0 Å². The number of benzene rings is 1. The van der Waals surface area contributed by atoms with E-state index >= 15 is 0 Å². The number of hydrogen-bond acceptors (Lipinski definition) is 5. The molecule has 1 amide bonds. The van der Waals surface area contributed by atoms with Crippen LogP contribution in [0.5, 0.6) is 11.5 Å². The fraction of sp³-hybridized carbons (Fsp3) is 0.118. The second kappa shape index (κ2) is 6.04. The molecule has 1 N–H and O–H groups in total. The van der Waals surface area contributed by atoms with Crippen LogP contribution in [0.1, 0.15) is 15.9 Å². The van der Waals surface area contributed by atoms with Gasteiger partial charge in [-0.1, -0.05) is 6.07 Å². The van der Waals surface area contributed by atoms with Crippen LogP contribution in [0.25, 0.3) is 5.82 Å². The lowest BCUT2D eigenvalue weighted by Gasteiger charge is -2.07. The number of ether oxygens (including phenoxy) is 2. The van der Waals surface area contributed by atoms with Gasteiger partial charge in [0.15, 0.2) is 11.5 Å². The van der Waals surface area contributed by atoms with Gasteiger partial charge in [0.05, 0.1) is 0 Å². The third kappa shape index (κ3) is 2.79. The van der Waals surface area contributed by atoms with Gasteiger partial charge in [-0.25, -0.2) is 9.97 Å². The molecule has 1 aliphatic heterocycles. The van der Waals surface area contributed by atoms with E-state index in [4.69, 9.17) is 9.47 Å². The Hall–Kier alpha value is -3.35. The van der Waals surface area contributed by atoms with E-state index in [1.165, 1.54) is 0 Å². The standard InChI is InChI=1S/C17H14N4O3/c22-17(13-2-3-14-15(7-13)24-11-23-14)20-9-12-1-4-16(19-8-12)21-6-5-18-10-21/h1-8,10H,9,11H2,(H,20,22). The predicted molar refractivity (Wildman–Crippen MR) is 85.1 cm³/mol. The zero-order valence-electron chi connectivity index (χ0n) is 12.7. The van der Waals surface area contributed by atoms with E-state index in [1.807, 2.05) is 22.9 Å². The van der Waals surface area contributed by atoms with Crippen molar-refractivity contribution in [2.75, 3.05) is 6.79 Å². The first-order valence-corrected chi connectivity index (χ1v) is 7.41. The molecular formula is C17H14N4O3. The van der Waals surface area contributed by atoms with Crippen LogP contribution in [0.4, 0.5) is 0 Å². The first kappa shape index (κ1) is 14.3. The fourth-order valence-electron chi connectivity index (χ4n) is 2.39. The molecule has 0 spiro atoms. The molecule has 2 aromatic heterocycles. The predicted octanol–water partition coefficient (Wildman–Crippen LogP) is 1.93. The second-order valence-electron chi connectivity index (χ2n) is 5.25. The van der Waals surface area contributed by atoms with Crippen molar-refractivity contribution in [1.82, 2.24) is 19.9 Å². The van der Waals surface area contributed by atoms with Crippen LogP contribution in [0.2, 0.25) is 0 Å². The summed E-state index contributed by atoms with van der Waals surface area (Å²) >= 11 is 0. The number of fused-ring (bicyclic) bond motifs is 1. The maximum absolute atomic E-state index is 12.2. The number of imidazole rings is 1. The van der Waals surface area contributed by atoms with Gasteiger partial charge >= 0.3 is 0 Å². The quantitative estimate of drug-likeness (QED) is 0.794. The monoisotopic (exact) mass is 322 g/mol. The maximum Gasteiger partial charge on any atom is 0.251 e. The molecule has 0 saturated carbocycles. The van der Waals surface area contributed by atoms with Gasteiger partial charge in [0.25, 0.3) is 5.91 Å². The van der Waals surface area contributed by atoms with Crippen molar-refractivity contribution in [1.29, 1.82) is 0 Å². The van der Waals surface area contributed by atoms with E-state index in [0.29, 0.717) is 23.6 Å². The molecule has 1 aliphatic rings. The Kier molecular flexibility index (Phi) is 3.59. The van der Waals surface area contributed by atoms with Gasteiger partial charge in [0, 0.05) is 30.7 Å². The summed E-state index contributed by atoms with van der Waals surface area (Å²) in [5, 5.41) is 2.87. The minimum Gasteiger partial charge on any atom is -0.454 e. The number of carbonyl (C=O) groups is 1. The normalized spacial score (nSPS) is 12.2. The molecule has 7 heteroatoms. The van der Waals surface area contributed by atoms with Gasteiger partial charge in [0.1, 0.15) is 12.1 Å². The molecule has 0 saturated heterocycles. The molecule has 0 radical (unpaired) electrons. The lowest BCUT2D eigenvalue weighted by Crippen LogP contribution is -2.22. The van der Waals surface area contributed by atoms with Crippen molar-refractivity contribution in [2.45, 2.75) is 6.54 Å². The SMILES string of the molecule is O=C(NCc1ccc(-n2ccnc2)nc1)c1ccc2c(c1)OCO2. The Morgan fingerprint density at radius 1 is 1.21 bits per heavy atom. The number of nitrogens with one attached hydrogen (secondary N) is 1. The van der Waals surface area contributed by atoms with Crippen LogP contribution in [0.15, 0.2) is 55.2 Å². The third-order valence-corrected chi connectivity index (χ3v) is 3.67. The van der Waals surface area contributed by atoms with Crippen molar-refractivity contribution in [2.24, 2.45) is 0 Å². The van der Waals surface area contributed by atoms with Crippen molar-refractivity contribution in [3.8, 4) is 17.3 Å². The highest BCUT2D eigenvalue weighted by molar-refractivity contribution is 5.94. The first-order valence-electron chi connectivity index (χ1n) is 7.41. The molecule has 0 unspecified atom stereocenters. The van der Waals surface area contributed by atoms with Crippen molar-refractivity contribution in [3.63, 3.8) is 0 Å². The Bertz CT molecular complexity index is 860. The average molecular weight is 322 g/mol. The van der Waals surface area contributed by atoms with Crippen molar-refractivity contribution >= 4 is 5.91 Å². The third-order valence-electron chi connectivity index (χ3n) is 3.67. The average Bonchev–Trinajstić information content (AvgIpc) is 3.30. The Balaban J connectivity index is 1.40. The molecule has 24 heavy (non-hydrogen) atoms. The highest BCUT2D eigenvalue weighted by atomic mass is 16.7. The molecule has 0 atom stereocenters. The Morgan fingerprint density at radius 3 is 2.92 bits per heavy atom. The van der Waals surface area contributed by atoms with Crippen LogP contribution in [0.3, 0.4) is 0 Å². The van der Waals surface area contributed by atoms with Gasteiger partial charge in [-0.3, -0.25) is 9.36 Å². The van der Waals surface area contributed by atoms with Crippen LogP contribution in [-0.2, 0) is 6.54 Å². The maximum atomic E-state index is 12.2. The van der Waals surface area contributed by atoms with Crippen LogP contribution < -0.4 is 14.8 Å². The molecule has 0 aliphatic carbocycles. The van der Waals surface area contributed by atoms with Crippen molar-refractivity contribution < 1.29 is 14.3 Å². The van der Waals surface area contributed by atoms with E-state index in [-0.39, 0.29) is 12.7 Å². The smallest absolute Gasteiger partial charge is 0.251 e. The zero-order valence-corrected chi connectivity index (χ0v) is 12.7. The Morgan fingerprint density at radius 2 is 2.12 bits per heavy atom. The summed E-state index contributed by atoms with van der Waals surface area (Å²) < 4.78 is 12.3. The highest BCUT2D eigenvalue weighted by Crippen LogP contribution is 2.32. The van der Waals surface area contributed by atoms with E-state index in [0.717, 1.165) is 11.4 Å². The van der Waals surface area contributed by atoms with E-state index in [9.17, 15) is 4.79 Å². The first-order chi connectivity index (χ1) is 11.8. The number of pyridine rings is 1. The minimum absolute atomic E-state index is 0.174. The van der Waals surface area contributed by atoms with Crippen LogP contribution in [-0.4, -0.2) is 27.2 Å². The molecule has 3 aromatic rings. The molecule has 3 heterocycles. The van der Waals surface area contributed by atoms with Crippen LogP contribution in [0, 0.1) is 0 Å². The van der Waals surface area contributed by atoms with Crippen molar-refractivity contribution in [3.05, 3.63) is 66.4 Å². The molecular weight excluding hydrogens is 308 g/mol. The van der Waals surface area contributed by atoms with E-state index in [1.54, 1.807) is 36.9 Å². The second-order valence-corrected chi connectivity index (χ2v) is 5.25. The lowest BCUT2D eigenvalue weighted by atomic mass is 10.2. The summed E-state index contributed by atoms with van der Waals surface area (Å²) in [6.07, 6.45) is 6.93. The number of hydrogen-bond donors (Lipinski definition) is 1. The Labute approximate surface area is 137 Å². The summed E-state index contributed by atoms with van der Waals surface area (Å²) in [5.74, 6) is 1.85. The summed E-state index contributed by atoms with van der Waals surface area (Å²) in [7, 11) is 0. The fourth-order valence-corrected chi connectivity index (χ4v) is 2.39. The number of aromatic nitrogens is 3. The molecule has 120 valence electrons. The molecule has 1 aromatic carbocycles. The molecule has 0 bridgehead atoms. The number of carbonyl (C=O) groups excluding carboxylic acids is 1. The van der Waals surface area contributed by atoms with Gasteiger partial charge in [-0.2, -0.15) is 0 Å². The summed E-state index contributed by atoms with van der Waals surface area (Å²) in [6.45, 7) is 0.583. The topological polar surface area (TPSA) is 78.3 Å². The summed E-state index contributed by atoms with van der Waals surface area (Å²) in [4.78, 5) is 20.6. The zero-order chi connectivity index (χ0) is 16.4.